The van der Waals surface area contributed by atoms with Crippen molar-refractivity contribution in [1.82, 2.24) is 5.32 Å². The molecule has 0 aliphatic carbocycles. The first-order valence-corrected chi connectivity index (χ1v) is 7.13. The summed E-state index contributed by atoms with van der Waals surface area (Å²) in [6.45, 7) is 3.53. The van der Waals surface area contributed by atoms with E-state index < -0.39 is 17.9 Å². The molecular weight excluding hydrogens is 378 g/mol. The molecule has 19 heavy (non-hydrogen) atoms. The van der Waals surface area contributed by atoms with Crippen molar-refractivity contribution in [2.45, 2.75) is 18.9 Å². The van der Waals surface area contributed by atoms with Crippen molar-refractivity contribution in [2.24, 2.45) is 0 Å². The van der Waals surface area contributed by atoms with Crippen LogP contribution in [-0.2, 0) is 4.79 Å². The average molecular weight is 391 g/mol. The van der Waals surface area contributed by atoms with E-state index in [4.69, 9.17) is 5.11 Å². The van der Waals surface area contributed by atoms with Gasteiger partial charge in [0.2, 0.25) is 0 Å². The van der Waals surface area contributed by atoms with E-state index in [0.717, 1.165) is 8.95 Å². The summed E-state index contributed by atoms with van der Waals surface area (Å²) in [5, 5.41) is 11.5. The molecule has 4 nitrogen and oxygen atoms in total. The summed E-state index contributed by atoms with van der Waals surface area (Å²) in [6.07, 6.45) is 2.47. The minimum atomic E-state index is -1.05. The summed E-state index contributed by atoms with van der Waals surface area (Å²) < 4.78 is 1.48. The van der Waals surface area contributed by atoms with Gasteiger partial charge in [0.1, 0.15) is 6.04 Å². The monoisotopic (exact) mass is 389 g/mol. The number of aliphatic carboxylic acids is 1. The molecule has 0 fully saturated rings. The molecule has 0 saturated carbocycles. The zero-order valence-electron chi connectivity index (χ0n) is 10.0. The quantitative estimate of drug-likeness (QED) is 0.732. The van der Waals surface area contributed by atoms with Crippen molar-refractivity contribution in [3.05, 3.63) is 45.4 Å². The predicted molar refractivity (Wildman–Crippen MR) is 80.2 cm³/mol. The van der Waals surface area contributed by atoms with E-state index in [1.807, 2.05) is 0 Å². The molecule has 0 unspecified atom stereocenters. The van der Waals surface area contributed by atoms with Crippen molar-refractivity contribution >= 4 is 43.7 Å². The normalized spacial score (nSPS) is 11.7. The molecule has 0 bridgehead atoms. The van der Waals surface area contributed by atoms with Crippen molar-refractivity contribution in [1.29, 1.82) is 0 Å². The fourth-order valence-electron chi connectivity index (χ4n) is 1.47. The van der Waals surface area contributed by atoms with Gasteiger partial charge in [0.05, 0.1) is 0 Å². The first-order chi connectivity index (χ1) is 8.93. The molecular formula is C13H13Br2NO3. The number of carboxylic acids is 1. The van der Waals surface area contributed by atoms with Crippen LogP contribution in [0.3, 0.4) is 0 Å². The molecule has 2 N–H and O–H groups in total. The molecule has 1 aromatic rings. The highest BCUT2D eigenvalue weighted by Gasteiger charge is 2.20. The number of rotatable bonds is 6. The van der Waals surface area contributed by atoms with E-state index >= 15 is 0 Å². The van der Waals surface area contributed by atoms with Gasteiger partial charge in [0.15, 0.2) is 0 Å². The number of carboxylic acid groups (broad SMARTS) is 1. The number of carbonyl (C=O) groups is 2. The van der Waals surface area contributed by atoms with Crippen LogP contribution < -0.4 is 5.32 Å². The third-order valence-corrected chi connectivity index (χ3v) is 3.30. The largest absolute Gasteiger partial charge is 0.480 e. The Labute approximate surface area is 128 Å². The summed E-state index contributed by atoms with van der Waals surface area (Å²) >= 11 is 6.56. The summed E-state index contributed by atoms with van der Waals surface area (Å²) in [7, 11) is 0. The van der Waals surface area contributed by atoms with Crippen LogP contribution in [0.5, 0.6) is 0 Å². The lowest BCUT2D eigenvalue weighted by Gasteiger charge is -2.14. The van der Waals surface area contributed by atoms with Gasteiger partial charge in [-0.25, -0.2) is 4.79 Å². The molecule has 6 heteroatoms. The van der Waals surface area contributed by atoms with E-state index in [1.165, 1.54) is 0 Å². The molecule has 0 heterocycles. The average Bonchev–Trinajstić information content (AvgIpc) is 2.32. The van der Waals surface area contributed by atoms with Crippen molar-refractivity contribution in [2.75, 3.05) is 0 Å². The fourth-order valence-corrected chi connectivity index (χ4v) is 2.76. The Kier molecular flexibility index (Phi) is 6.24. The molecule has 0 aromatic heterocycles. The van der Waals surface area contributed by atoms with E-state index in [0.29, 0.717) is 18.4 Å². The van der Waals surface area contributed by atoms with Crippen molar-refractivity contribution < 1.29 is 14.7 Å². The van der Waals surface area contributed by atoms with E-state index in [9.17, 15) is 9.59 Å². The molecule has 0 saturated heterocycles. The van der Waals surface area contributed by atoms with Crippen LogP contribution in [0, 0.1) is 0 Å². The third kappa shape index (κ3) is 5.16. The smallest absolute Gasteiger partial charge is 0.326 e. The van der Waals surface area contributed by atoms with Gasteiger partial charge < -0.3 is 10.4 Å². The minimum absolute atomic E-state index is 0.319. The molecule has 1 rings (SSSR count). The molecule has 0 aliphatic rings. The maximum Gasteiger partial charge on any atom is 0.326 e. The highest BCUT2D eigenvalue weighted by atomic mass is 79.9. The lowest BCUT2D eigenvalue weighted by molar-refractivity contribution is -0.139. The predicted octanol–water partition coefficient (Wildman–Crippen LogP) is 3.36. The Balaban J connectivity index is 2.81. The Morgan fingerprint density at radius 3 is 2.37 bits per heavy atom. The van der Waals surface area contributed by atoms with Crippen LogP contribution >= 0.6 is 31.9 Å². The molecule has 102 valence electrons. The zero-order valence-corrected chi connectivity index (χ0v) is 13.2. The van der Waals surface area contributed by atoms with Gasteiger partial charge >= 0.3 is 5.97 Å². The summed E-state index contributed by atoms with van der Waals surface area (Å²) in [5.41, 5.74) is 0.395. The van der Waals surface area contributed by atoms with Crippen molar-refractivity contribution in [3.63, 3.8) is 0 Å². The minimum Gasteiger partial charge on any atom is -0.480 e. The number of halogens is 2. The second kappa shape index (κ2) is 7.45. The topological polar surface area (TPSA) is 66.4 Å². The van der Waals surface area contributed by atoms with Crippen molar-refractivity contribution in [3.8, 4) is 0 Å². The Bertz CT molecular complexity index is 482. The van der Waals surface area contributed by atoms with Gasteiger partial charge in [-0.15, -0.1) is 6.58 Å². The molecule has 0 spiro atoms. The fraction of sp³-hybridized carbons (Fsp3) is 0.231. The second-order valence-electron chi connectivity index (χ2n) is 3.89. The molecule has 1 aromatic carbocycles. The number of benzene rings is 1. The van der Waals surface area contributed by atoms with E-state index in [-0.39, 0.29) is 0 Å². The zero-order chi connectivity index (χ0) is 14.4. The van der Waals surface area contributed by atoms with Gasteiger partial charge in [-0.3, -0.25) is 4.79 Å². The van der Waals surface area contributed by atoms with E-state index in [1.54, 1.807) is 24.3 Å². The van der Waals surface area contributed by atoms with Crippen LogP contribution in [0.25, 0.3) is 0 Å². The Morgan fingerprint density at radius 1 is 1.32 bits per heavy atom. The number of nitrogens with one attached hydrogen (secondary N) is 1. The van der Waals surface area contributed by atoms with Crippen LogP contribution in [0.4, 0.5) is 0 Å². The van der Waals surface area contributed by atoms with Gasteiger partial charge in [0.25, 0.3) is 5.91 Å². The third-order valence-electron chi connectivity index (χ3n) is 2.39. The Morgan fingerprint density at radius 2 is 1.89 bits per heavy atom. The first kappa shape index (κ1) is 15.9. The lowest BCUT2D eigenvalue weighted by atomic mass is 10.1. The second-order valence-corrected chi connectivity index (χ2v) is 5.72. The molecule has 1 atom stereocenters. The number of allylic oxidation sites excluding steroid dienone is 1. The highest BCUT2D eigenvalue weighted by molar-refractivity contribution is 9.11. The maximum atomic E-state index is 12.0. The van der Waals surface area contributed by atoms with Gasteiger partial charge in [0, 0.05) is 14.5 Å². The molecule has 0 aliphatic heterocycles. The number of hydrogen-bond acceptors (Lipinski definition) is 2. The SMILES string of the molecule is C=CCC[C@@H](NC(=O)c1cc(Br)cc(Br)c1)C(=O)O. The molecule has 0 radical (unpaired) electrons. The van der Waals surface area contributed by atoms with Gasteiger partial charge in [-0.05, 0) is 31.0 Å². The van der Waals surface area contributed by atoms with Gasteiger partial charge in [-0.1, -0.05) is 37.9 Å². The number of hydrogen-bond donors (Lipinski definition) is 2. The molecule has 1 amide bonds. The number of carbonyl (C=O) groups excluding carboxylic acids is 1. The summed E-state index contributed by atoms with van der Waals surface area (Å²) in [4.78, 5) is 23.0. The van der Waals surface area contributed by atoms with E-state index in [2.05, 4.69) is 43.8 Å². The lowest BCUT2D eigenvalue weighted by Crippen LogP contribution is -2.40. The van der Waals surface area contributed by atoms with Crippen LogP contribution in [0.15, 0.2) is 39.8 Å². The van der Waals surface area contributed by atoms with Crippen LogP contribution in [-0.4, -0.2) is 23.0 Å². The summed E-state index contributed by atoms with van der Waals surface area (Å²) in [5.74, 6) is -1.47. The van der Waals surface area contributed by atoms with Crippen LogP contribution in [0.2, 0.25) is 0 Å². The number of amides is 1. The Hall–Kier alpha value is -1.14. The van der Waals surface area contributed by atoms with Gasteiger partial charge in [-0.2, -0.15) is 0 Å². The highest BCUT2D eigenvalue weighted by Crippen LogP contribution is 2.20. The summed E-state index contributed by atoms with van der Waals surface area (Å²) in [6, 6.07) is 4.14. The standard InChI is InChI=1S/C13H13Br2NO3/c1-2-3-4-11(13(18)19)16-12(17)8-5-9(14)7-10(15)6-8/h2,5-7,11H,1,3-4H2,(H,16,17)(H,18,19)/t11-/m1/s1. The van der Waals surface area contributed by atoms with Crippen LogP contribution in [0.1, 0.15) is 23.2 Å². The maximum absolute atomic E-state index is 12.0. The first-order valence-electron chi connectivity index (χ1n) is 5.54.